The molecule has 31 heavy (non-hydrogen) atoms. The summed E-state index contributed by atoms with van der Waals surface area (Å²) in [5.41, 5.74) is 3.81. The lowest BCUT2D eigenvalue weighted by Crippen LogP contribution is -2.35. The molecule has 0 radical (unpaired) electrons. The predicted molar refractivity (Wildman–Crippen MR) is 116 cm³/mol. The maximum Gasteiger partial charge on any atom is 0.228 e. The molecule has 3 aromatic rings. The van der Waals surface area contributed by atoms with E-state index in [2.05, 4.69) is 36.7 Å². The number of anilines is 1. The topological polar surface area (TPSA) is 88.0 Å². The number of aromatic nitrogens is 4. The zero-order valence-electron chi connectivity index (χ0n) is 17.4. The number of halogens is 1. The molecule has 0 spiro atoms. The van der Waals surface area contributed by atoms with Crippen LogP contribution in [0.4, 0.5) is 10.2 Å². The third-order valence-corrected chi connectivity index (χ3v) is 6.19. The Balaban J connectivity index is 1.40. The SMILES string of the molecule is O=C(Nc1cc2cc(-c3cnn4c3CN(CCF)CC4)cnc2cn1)C1CCNCC1. The Kier molecular flexibility index (Phi) is 5.61. The van der Waals surface area contributed by atoms with Crippen LogP contribution in [-0.4, -0.2) is 63.4 Å². The van der Waals surface area contributed by atoms with Gasteiger partial charge in [-0.2, -0.15) is 5.10 Å². The Labute approximate surface area is 179 Å². The molecule has 1 fully saturated rings. The minimum Gasteiger partial charge on any atom is -0.317 e. The van der Waals surface area contributed by atoms with E-state index in [1.807, 2.05) is 23.1 Å². The minimum atomic E-state index is -0.347. The van der Waals surface area contributed by atoms with E-state index in [1.165, 1.54) is 0 Å². The summed E-state index contributed by atoms with van der Waals surface area (Å²) < 4.78 is 14.8. The second kappa shape index (κ2) is 8.68. The number of nitrogens with zero attached hydrogens (tertiary/aromatic N) is 5. The van der Waals surface area contributed by atoms with Crippen LogP contribution in [0.5, 0.6) is 0 Å². The Morgan fingerprint density at radius 1 is 1.16 bits per heavy atom. The molecule has 2 N–H and O–H groups in total. The highest BCUT2D eigenvalue weighted by Gasteiger charge is 2.22. The molecular formula is C22H26FN7O. The molecule has 2 aliphatic rings. The molecule has 0 saturated carbocycles. The summed E-state index contributed by atoms with van der Waals surface area (Å²) in [6.45, 7) is 4.06. The second-order valence-electron chi connectivity index (χ2n) is 8.19. The van der Waals surface area contributed by atoms with Crippen molar-refractivity contribution in [2.24, 2.45) is 5.92 Å². The van der Waals surface area contributed by atoms with E-state index in [9.17, 15) is 9.18 Å². The zero-order chi connectivity index (χ0) is 21.2. The molecule has 0 aliphatic carbocycles. The molecule has 0 bridgehead atoms. The minimum absolute atomic E-state index is 0.0226. The number of amides is 1. The van der Waals surface area contributed by atoms with Crippen molar-refractivity contribution in [2.75, 3.05) is 38.2 Å². The average Bonchev–Trinajstić information content (AvgIpc) is 3.23. The summed E-state index contributed by atoms with van der Waals surface area (Å²) in [7, 11) is 0. The number of carbonyl (C=O) groups excluding carboxylic acids is 1. The van der Waals surface area contributed by atoms with Crippen LogP contribution in [-0.2, 0) is 17.9 Å². The number of hydrogen-bond acceptors (Lipinski definition) is 6. The summed E-state index contributed by atoms with van der Waals surface area (Å²) in [6.07, 6.45) is 7.06. The fourth-order valence-electron chi connectivity index (χ4n) is 4.41. The lowest BCUT2D eigenvalue weighted by molar-refractivity contribution is -0.120. The lowest BCUT2D eigenvalue weighted by atomic mass is 9.97. The van der Waals surface area contributed by atoms with Gasteiger partial charge in [-0.15, -0.1) is 0 Å². The highest BCUT2D eigenvalue weighted by Crippen LogP contribution is 2.29. The number of pyridine rings is 2. The van der Waals surface area contributed by atoms with Gasteiger partial charge < -0.3 is 10.6 Å². The number of rotatable bonds is 5. The Morgan fingerprint density at radius 3 is 2.87 bits per heavy atom. The van der Waals surface area contributed by atoms with Gasteiger partial charge >= 0.3 is 0 Å². The molecule has 8 nitrogen and oxygen atoms in total. The summed E-state index contributed by atoms with van der Waals surface area (Å²) in [6, 6.07) is 3.92. The van der Waals surface area contributed by atoms with Crippen LogP contribution < -0.4 is 10.6 Å². The molecule has 1 saturated heterocycles. The number of hydrogen-bond donors (Lipinski definition) is 2. The van der Waals surface area contributed by atoms with Crippen molar-refractivity contribution in [1.29, 1.82) is 0 Å². The summed E-state index contributed by atoms with van der Waals surface area (Å²) in [5, 5.41) is 11.7. The molecule has 0 atom stereocenters. The number of carbonyl (C=O) groups is 1. The van der Waals surface area contributed by atoms with Gasteiger partial charge in [-0.3, -0.25) is 19.4 Å². The predicted octanol–water partition coefficient (Wildman–Crippen LogP) is 2.22. The van der Waals surface area contributed by atoms with Crippen molar-refractivity contribution < 1.29 is 9.18 Å². The van der Waals surface area contributed by atoms with Gasteiger partial charge in [0.2, 0.25) is 5.91 Å². The lowest BCUT2D eigenvalue weighted by Gasteiger charge is -2.27. The van der Waals surface area contributed by atoms with Gasteiger partial charge in [0, 0.05) is 48.3 Å². The summed E-state index contributed by atoms with van der Waals surface area (Å²) in [4.78, 5) is 23.6. The molecule has 162 valence electrons. The van der Waals surface area contributed by atoms with Gasteiger partial charge in [0.1, 0.15) is 12.5 Å². The van der Waals surface area contributed by atoms with Crippen molar-refractivity contribution in [2.45, 2.75) is 25.9 Å². The smallest absolute Gasteiger partial charge is 0.228 e. The first-order valence-corrected chi connectivity index (χ1v) is 10.8. The maximum atomic E-state index is 12.8. The Bertz CT molecular complexity index is 1090. The van der Waals surface area contributed by atoms with Crippen molar-refractivity contribution in [3.8, 4) is 11.1 Å². The van der Waals surface area contributed by atoms with Gasteiger partial charge in [0.15, 0.2) is 0 Å². The quantitative estimate of drug-likeness (QED) is 0.654. The monoisotopic (exact) mass is 423 g/mol. The number of alkyl halides is 1. The van der Waals surface area contributed by atoms with Crippen LogP contribution in [0.1, 0.15) is 18.5 Å². The zero-order valence-corrected chi connectivity index (χ0v) is 17.4. The number of fused-ring (bicyclic) bond motifs is 2. The van der Waals surface area contributed by atoms with E-state index in [4.69, 9.17) is 0 Å². The Hall–Kier alpha value is -2.91. The molecule has 5 rings (SSSR count). The van der Waals surface area contributed by atoms with Gasteiger partial charge in [0.25, 0.3) is 0 Å². The fourth-order valence-corrected chi connectivity index (χ4v) is 4.41. The fraction of sp³-hybridized carbons (Fsp3) is 0.455. The molecule has 0 unspecified atom stereocenters. The van der Waals surface area contributed by atoms with E-state index in [0.29, 0.717) is 18.9 Å². The van der Waals surface area contributed by atoms with Crippen molar-refractivity contribution in [3.63, 3.8) is 0 Å². The van der Waals surface area contributed by atoms with Crippen molar-refractivity contribution in [1.82, 2.24) is 30.0 Å². The van der Waals surface area contributed by atoms with Crippen LogP contribution in [0.3, 0.4) is 0 Å². The number of piperidine rings is 1. The van der Waals surface area contributed by atoms with Crippen molar-refractivity contribution in [3.05, 3.63) is 36.4 Å². The normalized spacial score (nSPS) is 17.6. The molecule has 2 aliphatic heterocycles. The van der Waals surface area contributed by atoms with E-state index in [-0.39, 0.29) is 18.5 Å². The summed E-state index contributed by atoms with van der Waals surface area (Å²) >= 11 is 0. The van der Waals surface area contributed by atoms with Crippen molar-refractivity contribution >= 4 is 22.6 Å². The van der Waals surface area contributed by atoms with Gasteiger partial charge in [-0.05, 0) is 38.1 Å². The van der Waals surface area contributed by atoms with E-state index in [1.54, 1.807) is 6.20 Å². The molecule has 5 heterocycles. The largest absolute Gasteiger partial charge is 0.317 e. The Morgan fingerprint density at radius 2 is 2.03 bits per heavy atom. The van der Waals surface area contributed by atoms with E-state index >= 15 is 0 Å². The van der Waals surface area contributed by atoms with Crippen LogP contribution in [0, 0.1) is 5.92 Å². The van der Waals surface area contributed by atoms with Gasteiger partial charge in [-0.25, -0.2) is 9.37 Å². The van der Waals surface area contributed by atoms with Gasteiger partial charge in [-0.1, -0.05) is 0 Å². The summed E-state index contributed by atoms with van der Waals surface area (Å²) in [5.74, 6) is 0.590. The third kappa shape index (κ3) is 4.15. The molecular weight excluding hydrogens is 397 g/mol. The van der Waals surface area contributed by atoms with Crippen LogP contribution >= 0.6 is 0 Å². The molecule has 9 heteroatoms. The molecule has 0 aromatic carbocycles. The first-order valence-electron chi connectivity index (χ1n) is 10.8. The molecule has 1 amide bonds. The van der Waals surface area contributed by atoms with E-state index < -0.39 is 0 Å². The second-order valence-corrected chi connectivity index (χ2v) is 8.19. The maximum absolute atomic E-state index is 12.8. The van der Waals surface area contributed by atoms with Crippen LogP contribution in [0.25, 0.3) is 22.0 Å². The highest BCUT2D eigenvalue weighted by molar-refractivity contribution is 5.94. The third-order valence-electron chi connectivity index (χ3n) is 6.19. The highest BCUT2D eigenvalue weighted by atomic mass is 19.1. The van der Waals surface area contributed by atoms with Crippen LogP contribution in [0.2, 0.25) is 0 Å². The standard InChI is InChI=1S/C22H26FN7O/c23-3-6-29-7-8-30-20(14-29)18(12-27-30)17-9-16-10-21(26-13-19(16)25-11-17)28-22(31)15-1-4-24-5-2-15/h9-13,15,24H,1-8,14H2,(H,26,28,31). The average molecular weight is 423 g/mol. The van der Waals surface area contributed by atoms with Crippen LogP contribution in [0.15, 0.2) is 30.7 Å². The first-order chi connectivity index (χ1) is 15.2. The molecule has 3 aromatic heterocycles. The first kappa shape index (κ1) is 20.0. The van der Waals surface area contributed by atoms with Gasteiger partial charge in [0.05, 0.1) is 30.1 Å². The number of nitrogens with one attached hydrogen (secondary N) is 2. The van der Waals surface area contributed by atoms with E-state index in [0.717, 1.165) is 66.7 Å².